The molecular formula is C26H27FN6O. The molecule has 0 bridgehead atoms. The lowest BCUT2D eigenvalue weighted by Crippen LogP contribution is -2.49. The first-order valence-electron chi connectivity index (χ1n) is 11.6. The van der Waals surface area contributed by atoms with Crippen LogP contribution in [0.4, 0.5) is 10.2 Å². The fourth-order valence-corrected chi connectivity index (χ4v) is 4.35. The Morgan fingerprint density at radius 1 is 0.941 bits per heavy atom. The zero-order chi connectivity index (χ0) is 23.8. The van der Waals surface area contributed by atoms with Crippen LogP contribution in [0.15, 0.2) is 48.5 Å². The number of piperazine rings is 1. The number of anilines is 1. The van der Waals surface area contributed by atoms with Gasteiger partial charge in [0.25, 0.3) is 5.91 Å². The van der Waals surface area contributed by atoms with E-state index in [1.54, 1.807) is 0 Å². The number of rotatable bonds is 4. The summed E-state index contributed by atoms with van der Waals surface area (Å²) < 4.78 is 15.1. The fraction of sp³-hybridized carbons (Fsp3) is 0.308. The molecule has 0 unspecified atom stereocenters. The van der Waals surface area contributed by atoms with Crippen LogP contribution in [-0.2, 0) is 6.42 Å². The van der Waals surface area contributed by atoms with Crippen LogP contribution in [-0.4, -0.2) is 56.7 Å². The largest absolute Gasteiger partial charge is 0.352 e. The van der Waals surface area contributed by atoms with Gasteiger partial charge in [-0.3, -0.25) is 4.79 Å². The highest BCUT2D eigenvalue weighted by Gasteiger charge is 2.26. The second-order valence-electron chi connectivity index (χ2n) is 8.63. The third-order valence-corrected chi connectivity index (χ3v) is 6.28. The summed E-state index contributed by atoms with van der Waals surface area (Å²) in [4.78, 5) is 26.6. The van der Waals surface area contributed by atoms with Gasteiger partial charge in [0, 0.05) is 38.2 Å². The highest BCUT2D eigenvalue weighted by atomic mass is 19.1. The Balaban J connectivity index is 1.45. The van der Waals surface area contributed by atoms with Crippen LogP contribution in [0, 0.1) is 19.7 Å². The molecule has 0 atom stereocenters. The Morgan fingerprint density at radius 2 is 1.62 bits per heavy atom. The average Bonchev–Trinajstić information content (AvgIpc) is 3.20. The summed E-state index contributed by atoms with van der Waals surface area (Å²) in [5.74, 6) is 1.21. The number of carbonyl (C=O) groups excluding carboxylic acids is 1. The first-order valence-corrected chi connectivity index (χ1v) is 11.6. The van der Waals surface area contributed by atoms with Crippen molar-refractivity contribution in [3.63, 3.8) is 0 Å². The Kier molecular flexibility index (Phi) is 5.73. The number of halogens is 1. The van der Waals surface area contributed by atoms with E-state index >= 15 is 0 Å². The molecule has 0 radical (unpaired) electrons. The molecule has 34 heavy (non-hydrogen) atoms. The third kappa shape index (κ3) is 4.00. The average molecular weight is 459 g/mol. The molecule has 1 aliphatic rings. The summed E-state index contributed by atoms with van der Waals surface area (Å²) in [5, 5.41) is 5.74. The van der Waals surface area contributed by atoms with Gasteiger partial charge in [-0.05, 0) is 50.2 Å². The minimum Gasteiger partial charge on any atom is -0.352 e. The molecule has 174 valence electrons. The number of nitrogens with zero attached hydrogens (tertiary/aromatic N) is 6. The molecule has 0 N–H and O–H groups in total. The van der Waals surface area contributed by atoms with Gasteiger partial charge in [-0.15, -0.1) is 0 Å². The molecule has 2 aromatic heterocycles. The van der Waals surface area contributed by atoms with Crippen LogP contribution >= 0.6 is 0 Å². The Labute approximate surface area is 197 Å². The van der Waals surface area contributed by atoms with Gasteiger partial charge in [0.2, 0.25) is 0 Å². The van der Waals surface area contributed by atoms with E-state index in [-0.39, 0.29) is 11.7 Å². The van der Waals surface area contributed by atoms with E-state index in [9.17, 15) is 9.18 Å². The highest BCUT2D eigenvalue weighted by Crippen LogP contribution is 2.30. The number of amides is 1. The summed E-state index contributed by atoms with van der Waals surface area (Å²) in [5.41, 5.74) is 4.33. The van der Waals surface area contributed by atoms with Crippen molar-refractivity contribution in [2.45, 2.75) is 27.2 Å². The lowest BCUT2D eigenvalue weighted by Gasteiger charge is -2.35. The fourth-order valence-electron chi connectivity index (χ4n) is 4.35. The van der Waals surface area contributed by atoms with Crippen LogP contribution in [0.3, 0.4) is 0 Å². The lowest BCUT2D eigenvalue weighted by atomic mass is 10.1. The van der Waals surface area contributed by atoms with Crippen molar-refractivity contribution in [1.82, 2.24) is 24.6 Å². The van der Waals surface area contributed by atoms with Gasteiger partial charge in [0.15, 0.2) is 5.65 Å². The van der Waals surface area contributed by atoms with Crippen molar-refractivity contribution in [3.05, 3.63) is 77.0 Å². The molecule has 8 heteroatoms. The molecule has 5 rings (SSSR count). The van der Waals surface area contributed by atoms with Crippen molar-refractivity contribution in [1.29, 1.82) is 0 Å². The predicted octanol–water partition coefficient (Wildman–Crippen LogP) is 4.10. The smallest absolute Gasteiger partial charge is 0.253 e. The Morgan fingerprint density at radius 3 is 2.26 bits per heavy atom. The summed E-state index contributed by atoms with van der Waals surface area (Å²) in [6.45, 7) is 8.52. The Bertz CT molecular complexity index is 1340. The van der Waals surface area contributed by atoms with Crippen LogP contribution < -0.4 is 4.90 Å². The molecule has 1 aliphatic heterocycles. The predicted molar refractivity (Wildman–Crippen MR) is 130 cm³/mol. The molecular weight excluding hydrogens is 431 g/mol. The summed E-state index contributed by atoms with van der Waals surface area (Å²) in [6.07, 6.45) is 0.712. The van der Waals surface area contributed by atoms with E-state index in [4.69, 9.17) is 15.1 Å². The Hall–Kier alpha value is -3.81. The van der Waals surface area contributed by atoms with Crippen molar-refractivity contribution in [3.8, 4) is 5.69 Å². The van der Waals surface area contributed by atoms with Gasteiger partial charge in [-0.1, -0.05) is 24.6 Å². The molecule has 0 aliphatic carbocycles. The standard InChI is InChI=1S/C26H27FN6O/c1-4-22-28-24(23-18(3)30-33(25(23)29-22)21-11-5-17(2)6-12-21)31-13-15-32(16-14-31)26(34)19-7-9-20(27)10-8-19/h5-12H,4,13-16H2,1-3H3. The van der Waals surface area contributed by atoms with E-state index in [0.29, 0.717) is 38.2 Å². The zero-order valence-corrected chi connectivity index (χ0v) is 19.6. The minimum absolute atomic E-state index is 0.0786. The molecule has 1 saturated heterocycles. The van der Waals surface area contributed by atoms with Crippen molar-refractivity contribution >= 4 is 22.8 Å². The number of hydrogen-bond donors (Lipinski definition) is 0. The van der Waals surface area contributed by atoms with Crippen molar-refractivity contribution in [2.75, 3.05) is 31.1 Å². The summed E-state index contributed by atoms with van der Waals surface area (Å²) in [7, 11) is 0. The molecule has 4 aromatic rings. The van der Waals surface area contributed by atoms with E-state index < -0.39 is 0 Å². The van der Waals surface area contributed by atoms with Gasteiger partial charge >= 0.3 is 0 Å². The number of hydrogen-bond acceptors (Lipinski definition) is 5. The topological polar surface area (TPSA) is 67.2 Å². The number of fused-ring (bicyclic) bond motifs is 1. The van der Waals surface area contributed by atoms with Crippen LogP contribution in [0.1, 0.15) is 34.4 Å². The zero-order valence-electron chi connectivity index (χ0n) is 19.6. The maximum Gasteiger partial charge on any atom is 0.253 e. The summed E-state index contributed by atoms with van der Waals surface area (Å²) in [6, 6.07) is 14.0. The number of aryl methyl sites for hydroxylation is 3. The first kappa shape index (κ1) is 22.0. The van der Waals surface area contributed by atoms with Crippen molar-refractivity contribution < 1.29 is 9.18 Å². The van der Waals surface area contributed by atoms with Gasteiger partial charge in [-0.25, -0.2) is 19.0 Å². The number of carbonyl (C=O) groups is 1. The first-order chi connectivity index (χ1) is 16.4. The molecule has 2 aromatic carbocycles. The van der Waals surface area contributed by atoms with Gasteiger partial charge in [0.05, 0.1) is 16.8 Å². The maximum atomic E-state index is 13.2. The van der Waals surface area contributed by atoms with Crippen molar-refractivity contribution in [2.24, 2.45) is 0 Å². The van der Waals surface area contributed by atoms with E-state index in [2.05, 4.69) is 36.1 Å². The quantitative estimate of drug-likeness (QED) is 0.461. The lowest BCUT2D eigenvalue weighted by molar-refractivity contribution is 0.0746. The monoisotopic (exact) mass is 458 g/mol. The van der Waals surface area contributed by atoms with Crippen LogP contribution in [0.25, 0.3) is 16.7 Å². The molecule has 0 spiro atoms. The van der Waals surface area contributed by atoms with Crippen LogP contribution in [0.5, 0.6) is 0 Å². The normalized spacial score (nSPS) is 14.1. The SMILES string of the molecule is CCc1nc(N2CCN(C(=O)c3ccc(F)cc3)CC2)c2c(C)nn(-c3ccc(C)cc3)c2n1. The van der Waals surface area contributed by atoms with Gasteiger partial charge < -0.3 is 9.80 Å². The summed E-state index contributed by atoms with van der Waals surface area (Å²) >= 11 is 0. The second kappa shape index (κ2) is 8.85. The maximum absolute atomic E-state index is 13.2. The third-order valence-electron chi connectivity index (χ3n) is 6.28. The molecule has 7 nitrogen and oxygen atoms in total. The molecule has 1 amide bonds. The number of aromatic nitrogens is 4. The highest BCUT2D eigenvalue weighted by molar-refractivity contribution is 5.95. The van der Waals surface area contributed by atoms with E-state index in [1.807, 2.05) is 23.4 Å². The van der Waals surface area contributed by atoms with Crippen LogP contribution in [0.2, 0.25) is 0 Å². The minimum atomic E-state index is -0.345. The molecule has 3 heterocycles. The van der Waals surface area contributed by atoms with E-state index in [1.165, 1.54) is 29.8 Å². The number of benzene rings is 2. The molecule has 1 fully saturated rings. The molecule has 0 saturated carbocycles. The van der Waals surface area contributed by atoms with Gasteiger partial charge in [-0.2, -0.15) is 5.10 Å². The van der Waals surface area contributed by atoms with Gasteiger partial charge in [0.1, 0.15) is 17.5 Å². The van der Waals surface area contributed by atoms with E-state index in [0.717, 1.165) is 34.1 Å². The second-order valence-corrected chi connectivity index (χ2v) is 8.63.